The number of rotatable bonds is 2. The summed E-state index contributed by atoms with van der Waals surface area (Å²) in [5.74, 6) is 0. The molecule has 1 aliphatic rings. The summed E-state index contributed by atoms with van der Waals surface area (Å²) in [7, 11) is 0. The van der Waals surface area contributed by atoms with Crippen molar-refractivity contribution in [3.8, 4) is 0 Å². The Bertz CT molecular complexity index is 376. The minimum Gasteiger partial charge on any atom is -0.378 e. The average Bonchev–Trinajstić information content (AvgIpc) is 2.34. The molecular weight excluding hydrogens is 245 g/mol. The Labute approximate surface area is 106 Å². The highest BCUT2D eigenvalue weighted by Gasteiger charge is 2.16. The second kappa shape index (κ2) is 5.26. The smallest absolute Gasteiger partial charge is 0.0828 e. The van der Waals surface area contributed by atoms with Crippen molar-refractivity contribution in [1.29, 1.82) is 0 Å². The molecule has 0 unspecified atom stereocenters. The third kappa shape index (κ3) is 2.29. The van der Waals surface area contributed by atoms with E-state index in [0.717, 1.165) is 44.0 Å². The van der Waals surface area contributed by atoms with Gasteiger partial charge in [0.05, 0.1) is 28.9 Å². The summed E-state index contributed by atoms with van der Waals surface area (Å²) < 4.78 is 5.32. The van der Waals surface area contributed by atoms with E-state index in [-0.39, 0.29) is 0 Å². The van der Waals surface area contributed by atoms with Crippen LogP contribution in [0.1, 0.15) is 12.5 Å². The van der Waals surface area contributed by atoms with Gasteiger partial charge in [-0.15, -0.1) is 0 Å². The highest BCUT2D eigenvalue weighted by Crippen LogP contribution is 2.35. The fourth-order valence-electron chi connectivity index (χ4n) is 1.90. The summed E-state index contributed by atoms with van der Waals surface area (Å²) in [5, 5.41) is 1.36. The number of nitrogens with zero attached hydrogens (tertiary/aromatic N) is 1. The zero-order valence-corrected chi connectivity index (χ0v) is 10.8. The second-order valence-corrected chi connectivity index (χ2v) is 4.58. The number of ether oxygens (including phenoxy) is 1. The van der Waals surface area contributed by atoms with Crippen molar-refractivity contribution in [3.05, 3.63) is 27.7 Å². The largest absolute Gasteiger partial charge is 0.378 e. The van der Waals surface area contributed by atoms with Crippen LogP contribution in [0.4, 0.5) is 5.69 Å². The van der Waals surface area contributed by atoms with Crippen molar-refractivity contribution in [3.63, 3.8) is 0 Å². The van der Waals surface area contributed by atoms with Gasteiger partial charge in [0.25, 0.3) is 0 Å². The van der Waals surface area contributed by atoms with Crippen molar-refractivity contribution < 1.29 is 4.74 Å². The topological polar surface area (TPSA) is 12.5 Å². The van der Waals surface area contributed by atoms with Crippen LogP contribution in [0, 0.1) is 0 Å². The maximum atomic E-state index is 6.30. The van der Waals surface area contributed by atoms with Crippen LogP contribution in [0.25, 0.3) is 0 Å². The van der Waals surface area contributed by atoms with Gasteiger partial charge in [-0.2, -0.15) is 0 Å². The molecule has 0 atom stereocenters. The maximum absolute atomic E-state index is 6.30. The van der Waals surface area contributed by atoms with Gasteiger partial charge in [-0.3, -0.25) is 0 Å². The molecule has 1 aromatic rings. The average molecular weight is 260 g/mol. The summed E-state index contributed by atoms with van der Waals surface area (Å²) in [5.41, 5.74) is 2.12. The van der Waals surface area contributed by atoms with E-state index in [9.17, 15) is 0 Å². The van der Waals surface area contributed by atoms with Crippen LogP contribution >= 0.6 is 23.2 Å². The minimum absolute atomic E-state index is 0.669. The number of benzene rings is 1. The third-order valence-corrected chi connectivity index (χ3v) is 3.79. The van der Waals surface area contributed by atoms with Gasteiger partial charge in [0.2, 0.25) is 0 Å². The van der Waals surface area contributed by atoms with Gasteiger partial charge in [0, 0.05) is 13.1 Å². The van der Waals surface area contributed by atoms with E-state index in [4.69, 9.17) is 27.9 Å². The Hall–Kier alpha value is -0.440. The van der Waals surface area contributed by atoms with E-state index in [1.807, 2.05) is 0 Å². The van der Waals surface area contributed by atoms with Crippen LogP contribution in [0.15, 0.2) is 12.1 Å². The van der Waals surface area contributed by atoms with E-state index in [1.165, 1.54) is 0 Å². The molecule has 0 radical (unpaired) electrons. The summed E-state index contributed by atoms with van der Waals surface area (Å²) in [6.07, 6.45) is 0.905. The Morgan fingerprint density at radius 1 is 1.19 bits per heavy atom. The predicted molar refractivity (Wildman–Crippen MR) is 68.9 cm³/mol. The molecule has 1 fully saturated rings. The van der Waals surface area contributed by atoms with Gasteiger partial charge in [-0.1, -0.05) is 36.2 Å². The minimum atomic E-state index is 0.669. The SMILES string of the molecule is CCc1ccc(N2CCOCC2)c(Cl)c1Cl. The number of halogens is 2. The van der Waals surface area contributed by atoms with Crippen molar-refractivity contribution in [1.82, 2.24) is 0 Å². The summed E-state index contributed by atoms with van der Waals surface area (Å²) in [4.78, 5) is 2.22. The molecule has 1 saturated heterocycles. The zero-order valence-electron chi connectivity index (χ0n) is 9.30. The Balaban J connectivity index is 2.30. The van der Waals surface area contributed by atoms with E-state index in [2.05, 4.69) is 24.0 Å². The normalized spacial score (nSPS) is 16.6. The van der Waals surface area contributed by atoms with Crippen LogP contribution < -0.4 is 4.90 Å². The number of hydrogen-bond donors (Lipinski definition) is 0. The second-order valence-electron chi connectivity index (χ2n) is 3.82. The van der Waals surface area contributed by atoms with Gasteiger partial charge >= 0.3 is 0 Å². The highest BCUT2D eigenvalue weighted by atomic mass is 35.5. The standard InChI is InChI=1S/C12H15Cl2NO/c1-2-9-3-4-10(12(14)11(9)13)15-5-7-16-8-6-15/h3-4H,2,5-8H2,1H3. The summed E-state index contributed by atoms with van der Waals surface area (Å²) >= 11 is 12.5. The molecule has 0 bridgehead atoms. The Kier molecular flexibility index (Phi) is 3.95. The Morgan fingerprint density at radius 3 is 2.50 bits per heavy atom. The number of anilines is 1. The lowest BCUT2D eigenvalue weighted by molar-refractivity contribution is 0.122. The van der Waals surface area contributed by atoms with E-state index >= 15 is 0 Å². The van der Waals surface area contributed by atoms with E-state index < -0.39 is 0 Å². The quantitative estimate of drug-likeness (QED) is 0.808. The van der Waals surface area contributed by atoms with Crippen LogP contribution in [-0.4, -0.2) is 26.3 Å². The highest BCUT2D eigenvalue weighted by molar-refractivity contribution is 6.44. The van der Waals surface area contributed by atoms with Crippen molar-refractivity contribution in [2.24, 2.45) is 0 Å². The first-order chi connectivity index (χ1) is 7.74. The van der Waals surface area contributed by atoms with Gasteiger partial charge in [0.15, 0.2) is 0 Å². The maximum Gasteiger partial charge on any atom is 0.0828 e. The molecule has 1 heterocycles. The lowest BCUT2D eigenvalue weighted by atomic mass is 10.1. The molecule has 2 rings (SSSR count). The zero-order chi connectivity index (χ0) is 11.5. The predicted octanol–water partition coefficient (Wildman–Crippen LogP) is 3.39. The fourth-order valence-corrected chi connectivity index (χ4v) is 2.50. The molecule has 0 aromatic heterocycles. The summed E-state index contributed by atoms with van der Waals surface area (Å²) in [6, 6.07) is 4.11. The third-order valence-electron chi connectivity index (χ3n) is 2.87. The van der Waals surface area contributed by atoms with Crippen LogP contribution in [0.3, 0.4) is 0 Å². The molecule has 0 spiro atoms. The molecule has 1 aliphatic heterocycles. The van der Waals surface area contributed by atoms with Crippen molar-refractivity contribution in [2.45, 2.75) is 13.3 Å². The molecule has 0 amide bonds. The first-order valence-electron chi connectivity index (χ1n) is 5.53. The molecule has 1 aromatic carbocycles. The number of aryl methyl sites for hydroxylation is 1. The molecule has 2 nitrogen and oxygen atoms in total. The van der Waals surface area contributed by atoms with Crippen molar-refractivity contribution >= 4 is 28.9 Å². The fraction of sp³-hybridized carbons (Fsp3) is 0.500. The molecule has 0 saturated carbocycles. The summed E-state index contributed by atoms with van der Waals surface area (Å²) in [6.45, 7) is 5.34. The first kappa shape index (κ1) is 12.0. The molecule has 0 aliphatic carbocycles. The Morgan fingerprint density at radius 2 is 1.88 bits per heavy atom. The van der Waals surface area contributed by atoms with Crippen LogP contribution in [0.2, 0.25) is 10.0 Å². The monoisotopic (exact) mass is 259 g/mol. The first-order valence-corrected chi connectivity index (χ1v) is 6.29. The number of hydrogen-bond acceptors (Lipinski definition) is 2. The van der Waals surface area contributed by atoms with E-state index in [1.54, 1.807) is 0 Å². The van der Waals surface area contributed by atoms with E-state index in [0.29, 0.717) is 10.0 Å². The van der Waals surface area contributed by atoms with Crippen LogP contribution in [-0.2, 0) is 11.2 Å². The number of morpholine rings is 1. The van der Waals surface area contributed by atoms with Gasteiger partial charge in [0.1, 0.15) is 0 Å². The molecule has 0 N–H and O–H groups in total. The molecule has 16 heavy (non-hydrogen) atoms. The van der Waals surface area contributed by atoms with Crippen molar-refractivity contribution in [2.75, 3.05) is 31.2 Å². The van der Waals surface area contributed by atoms with Gasteiger partial charge < -0.3 is 9.64 Å². The lowest BCUT2D eigenvalue weighted by Crippen LogP contribution is -2.36. The van der Waals surface area contributed by atoms with Crippen LogP contribution in [0.5, 0.6) is 0 Å². The van der Waals surface area contributed by atoms with Gasteiger partial charge in [-0.05, 0) is 18.1 Å². The molecular formula is C12H15Cl2NO. The van der Waals surface area contributed by atoms with Gasteiger partial charge in [-0.25, -0.2) is 0 Å². The molecule has 4 heteroatoms. The lowest BCUT2D eigenvalue weighted by Gasteiger charge is -2.30. The molecule has 88 valence electrons.